The lowest BCUT2D eigenvalue weighted by Gasteiger charge is -2.30. The van der Waals surface area contributed by atoms with Crippen LogP contribution in [0.25, 0.3) is 0 Å². The molecule has 0 unspecified atom stereocenters. The Morgan fingerprint density at radius 2 is 1.14 bits per heavy atom. The molecular weight excluding hydrogens is 366 g/mol. The SMILES string of the molecule is CCCCCCCCCCCC1C(C(=O)OCC)=C(C)NC(C)=C1C(=O)OCC. The second-order valence-electron chi connectivity index (χ2n) is 7.81. The van der Waals surface area contributed by atoms with Gasteiger partial charge in [-0.05, 0) is 34.1 Å². The van der Waals surface area contributed by atoms with Crippen molar-refractivity contribution in [2.24, 2.45) is 5.92 Å². The number of dihydropyridines is 1. The topological polar surface area (TPSA) is 64.6 Å². The predicted octanol–water partition coefficient (Wildman–Crippen LogP) is 5.80. The van der Waals surface area contributed by atoms with E-state index in [2.05, 4.69) is 12.2 Å². The number of esters is 2. The summed E-state index contributed by atoms with van der Waals surface area (Å²) in [6.07, 6.45) is 11.9. The van der Waals surface area contributed by atoms with Crippen molar-refractivity contribution in [3.63, 3.8) is 0 Å². The Hall–Kier alpha value is -1.78. The highest BCUT2D eigenvalue weighted by molar-refractivity contribution is 5.97. The molecule has 0 aromatic carbocycles. The largest absolute Gasteiger partial charge is 0.463 e. The third-order valence-corrected chi connectivity index (χ3v) is 5.47. The lowest BCUT2D eigenvalue weighted by atomic mass is 9.81. The van der Waals surface area contributed by atoms with Crippen molar-refractivity contribution in [3.05, 3.63) is 22.5 Å². The van der Waals surface area contributed by atoms with Crippen LogP contribution in [-0.2, 0) is 19.1 Å². The molecule has 5 heteroatoms. The average molecular weight is 408 g/mol. The van der Waals surface area contributed by atoms with E-state index in [1.54, 1.807) is 13.8 Å². The minimum atomic E-state index is -0.340. The monoisotopic (exact) mass is 407 g/mol. The minimum absolute atomic E-state index is 0.265. The fourth-order valence-electron chi connectivity index (χ4n) is 4.04. The van der Waals surface area contributed by atoms with Crippen LogP contribution in [0, 0.1) is 5.92 Å². The normalized spacial score (nSPS) is 14.8. The highest BCUT2D eigenvalue weighted by atomic mass is 16.5. The van der Waals surface area contributed by atoms with E-state index in [9.17, 15) is 9.59 Å². The zero-order valence-electron chi connectivity index (χ0n) is 19.2. The summed E-state index contributed by atoms with van der Waals surface area (Å²) in [6.45, 7) is 10.2. The van der Waals surface area contributed by atoms with Gasteiger partial charge in [-0.2, -0.15) is 0 Å². The van der Waals surface area contributed by atoms with E-state index < -0.39 is 0 Å². The van der Waals surface area contributed by atoms with Crippen molar-refractivity contribution in [1.29, 1.82) is 0 Å². The number of nitrogens with one attached hydrogen (secondary N) is 1. The maximum Gasteiger partial charge on any atom is 0.336 e. The van der Waals surface area contributed by atoms with Crippen molar-refractivity contribution >= 4 is 11.9 Å². The quantitative estimate of drug-likeness (QED) is 0.291. The summed E-state index contributed by atoms with van der Waals surface area (Å²) in [6, 6.07) is 0. The van der Waals surface area contributed by atoms with Crippen LogP contribution >= 0.6 is 0 Å². The van der Waals surface area contributed by atoms with Gasteiger partial charge in [-0.3, -0.25) is 0 Å². The van der Waals surface area contributed by atoms with Crippen LogP contribution in [0.1, 0.15) is 98.8 Å². The summed E-state index contributed by atoms with van der Waals surface area (Å²) in [5.41, 5.74) is 2.69. The van der Waals surface area contributed by atoms with E-state index in [1.165, 1.54) is 44.9 Å². The Balaban J connectivity index is 2.74. The molecule has 0 aromatic rings. The van der Waals surface area contributed by atoms with E-state index in [0.717, 1.165) is 30.7 Å². The zero-order valence-corrected chi connectivity index (χ0v) is 19.2. The van der Waals surface area contributed by atoms with Crippen LogP contribution < -0.4 is 5.32 Å². The fourth-order valence-corrected chi connectivity index (χ4v) is 4.04. The zero-order chi connectivity index (χ0) is 21.6. The standard InChI is InChI=1S/C24H41NO4/c1-6-9-10-11-12-13-14-15-16-17-20-21(23(26)28-7-2)18(4)25-19(5)22(20)24(27)29-8-3/h20,25H,6-17H2,1-5H3. The molecule has 1 aliphatic rings. The summed E-state index contributed by atoms with van der Waals surface area (Å²) in [4.78, 5) is 25.2. The highest BCUT2D eigenvalue weighted by Gasteiger charge is 2.36. The number of rotatable bonds is 14. The van der Waals surface area contributed by atoms with E-state index in [-0.39, 0.29) is 17.9 Å². The van der Waals surface area contributed by atoms with Crippen LogP contribution in [0.4, 0.5) is 0 Å². The van der Waals surface area contributed by atoms with Crippen molar-refractivity contribution in [1.82, 2.24) is 5.32 Å². The molecular formula is C24H41NO4. The average Bonchev–Trinajstić information content (AvgIpc) is 2.66. The Bertz CT molecular complexity index is 552. The van der Waals surface area contributed by atoms with E-state index in [0.29, 0.717) is 24.4 Å². The molecule has 5 nitrogen and oxygen atoms in total. The van der Waals surface area contributed by atoms with Gasteiger partial charge in [0.2, 0.25) is 0 Å². The lowest BCUT2D eigenvalue weighted by molar-refractivity contribution is -0.140. The minimum Gasteiger partial charge on any atom is -0.463 e. The Morgan fingerprint density at radius 3 is 1.55 bits per heavy atom. The van der Waals surface area contributed by atoms with Crippen LogP contribution in [0.15, 0.2) is 22.5 Å². The van der Waals surface area contributed by atoms with Crippen molar-refractivity contribution < 1.29 is 19.1 Å². The van der Waals surface area contributed by atoms with Crippen LogP contribution in [0.3, 0.4) is 0 Å². The summed E-state index contributed by atoms with van der Waals surface area (Å²) in [5.74, 6) is -0.945. The molecule has 1 heterocycles. The first kappa shape index (κ1) is 25.3. The molecule has 0 saturated heterocycles. The third kappa shape index (κ3) is 8.23. The number of hydrogen-bond acceptors (Lipinski definition) is 5. The summed E-state index contributed by atoms with van der Waals surface area (Å²) in [7, 11) is 0. The summed E-state index contributed by atoms with van der Waals surface area (Å²) < 4.78 is 10.6. The number of unbranched alkanes of at least 4 members (excludes halogenated alkanes) is 8. The first-order valence-corrected chi connectivity index (χ1v) is 11.5. The molecule has 0 aliphatic carbocycles. The number of hydrogen-bond donors (Lipinski definition) is 1. The van der Waals surface area contributed by atoms with Gasteiger partial charge in [-0.1, -0.05) is 64.7 Å². The van der Waals surface area contributed by atoms with Gasteiger partial charge in [0.05, 0.1) is 24.4 Å². The van der Waals surface area contributed by atoms with Gasteiger partial charge in [0.25, 0.3) is 0 Å². The van der Waals surface area contributed by atoms with Crippen molar-refractivity contribution in [2.45, 2.75) is 98.8 Å². The van der Waals surface area contributed by atoms with Crippen LogP contribution in [-0.4, -0.2) is 25.2 Å². The van der Waals surface area contributed by atoms with Gasteiger partial charge in [0.15, 0.2) is 0 Å². The Labute approximate surface area is 177 Å². The van der Waals surface area contributed by atoms with E-state index in [1.807, 2.05) is 13.8 Å². The molecule has 0 bridgehead atoms. The fraction of sp³-hybridized carbons (Fsp3) is 0.750. The van der Waals surface area contributed by atoms with Gasteiger partial charge in [0, 0.05) is 17.3 Å². The number of carbonyl (C=O) groups excluding carboxylic acids is 2. The molecule has 0 aromatic heterocycles. The van der Waals surface area contributed by atoms with Crippen molar-refractivity contribution in [2.75, 3.05) is 13.2 Å². The van der Waals surface area contributed by atoms with Gasteiger partial charge >= 0.3 is 11.9 Å². The first-order valence-electron chi connectivity index (χ1n) is 11.5. The molecule has 0 atom stereocenters. The first-order chi connectivity index (χ1) is 14.0. The molecule has 166 valence electrons. The van der Waals surface area contributed by atoms with Crippen molar-refractivity contribution in [3.8, 4) is 0 Å². The second-order valence-corrected chi connectivity index (χ2v) is 7.81. The molecule has 0 saturated carbocycles. The number of carbonyl (C=O) groups is 2. The van der Waals surface area contributed by atoms with Gasteiger partial charge in [0.1, 0.15) is 0 Å². The summed E-state index contributed by atoms with van der Waals surface area (Å²) in [5, 5.41) is 3.18. The molecule has 0 radical (unpaired) electrons. The van der Waals surface area contributed by atoms with Gasteiger partial charge < -0.3 is 14.8 Å². The van der Waals surface area contributed by atoms with Gasteiger partial charge in [-0.25, -0.2) is 9.59 Å². The van der Waals surface area contributed by atoms with Crippen LogP contribution in [0.2, 0.25) is 0 Å². The molecule has 1 N–H and O–H groups in total. The predicted molar refractivity (Wildman–Crippen MR) is 117 cm³/mol. The maximum absolute atomic E-state index is 12.6. The van der Waals surface area contributed by atoms with Crippen LogP contribution in [0.5, 0.6) is 0 Å². The molecule has 1 aliphatic heterocycles. The molecule has 0 amide bonds. The van der Waals surface area contributed by atoms with E-state index in [4.69, 9.17) is 9.47 Å². The highest BCUT2D eigenvalue weighted by Crippen LogP contribution is 2.35. The molecule has 0 fully saturated rings. The van der Waals surface area contributed by atoms with Gasteiger partial charge in [-0.15, -0.1) is 0 Å². The number of allylic oxidation sites excluding steroid dienone is 2. The maximum atomic E-state index is 12.6. The number of ether oxygens (including phenoxy) is 2. The molecule has 29 heavy (non-hydrogen) atoms. The molecule has 1 rings (SSSR count). The third-order valence-electron chi connectivity index (χ3n) is 5.47. The second kappa shape index (κ2) is 14.2. The van der Waals surface area contributed by atoms with E-state index >= 15 is 0 Å². The summed E-state index contributed by atoms with van der Waals surface area (Å²) >= 11 is 0. The molecule has 0 spiro atoms. The Kier molecular flexibility index (Phi) is 12.4. The Morgan fingerprint density at radius 1 is 0.724 bits per heavy atom. The smallest absolute Gasteiger partial charge is 0.336 e. The lowest BCUT2D eigenvalue weighted by Crippen LogP contribution is -2.33.